The van der Waals surface area contributed by atoms with E-state index in [1.807, 2.05) is 20.8 Å². The third-order valence-corrected chi connectivity index (χ3v) is 4.46. The summed E-state index contributed by atoms with van der Waals surface area (Å²) in [6.07, 6.45) is 8.09. The van der Waals surface area contributed by atoms with Gasteiger partial charge in [-0.05, 0) is 71.3 Å². The molecule has 2 bridgehead atoms. The van der Waals surface area contributed by atoms with E-state index in [2.05, 4.69) is 29.7 Å². The zero-order chi connectivity index (χ0) is 15.5. The fourth-order valence-electron chi connectivity index (χ4n) is 3.47. The van der Waals surface area contributed by atoms with Gasteiger partial charge in [-0.25, -0.2) is 4.79 Å². The van der Waals surface area contributed by atoms with Crippen LogP contribution in [0.15, 0.2) is 12.2 Å². The Morgan fingerprint density at radius 2 is 2.05 bits per heavy atom. The molecule has 0 aromatic carbocycles. The Bertz CT molecular complexity index is 387. The maximum atomic E-state index is 11.5. The second kappa shape index (κ2) is 6.82. The van der Waals surface area contributed by atoms with E-state index in [4.69, 9.17) is 4.74 Å². The molecule has 0 aliphatic heterocycles. The molecule has 4 nitrogen and oxygen atoms in total. The number of nitrogens with one attached hydrogen (secondary N) is 2. The Morgan fingerprint density at radius 1 is 1.29 bits per heavy atom. The molecule has 2 aliphatic carbocycles. The number of alkyl carbamates (subject to hydrolysis) is 1. The van der Waals surface area contributed by atoms with Crippen molar-refractivity contribution in [3.05, 3.63) is 12.2 Å². The van der Waals surface area contributed by atoms with E-state index >= 15 is 0 Å². The topological polar surface area (TPSA) is 50.4 Å². The van der Waals surface area contributed by atoms with Crippen LogP contribution in [0, 0.1) is 17.8 Å². The van der Waals surface area contributed by atoms with Gasteiger partial charge in [-0.15, -0.1) is 0 Å². The first kappa shape index (κ1) is 16.3. The van der Waals surface area contributed by atoms with Gasteiger partial charge in [0, 0.05) is 12.6 Å². The second-order valence-electron chi connectivity index (χ2n) is 7.47. The number of allylic oxidation sites excluding steroid dienone is 2. The first-order chi connectivity index (χ1) is 9.85. The molecule has 4 heteroatoms. The fraction of sp³-hybridized carbons (Fsp3) is 0.824. The first-order valence-electron chi connectivity index (χ1n) is 8.24. The normalized spacial score (nSPS) is 28.7. The number of ether oxygens (including phenoxy) is 1. The molecule has 0 radical (unpaired) electrons. The number of hydrogen-bond acceptors (Lipinski definition) is 3. The number of amides is 1. The summed E-state index contributed by atoms with van der Waals surface area (Å²) in [6, 6.07) is 0.562. The van der Waals surface area contributed by atoms with E-state index in [0.29, 0.717) is 12.6 Å². The highest BCUT2D eigenvalue weighted by atomic mass is 16.6. The van der Waals surface area contributed by atoms with Crippen LogP contribution in [0.25, 0.3) is 0 Å². The van der Waals surface area contributed by atoms with Crippen LogP contribution in [0.3, 0.4) is 0 Å². The molecule has 120 valence electrons. The van der Waals surface area contributed by atoms with E-state index in [9.17, 15) is 4.79 Å². The predicted molar refractivity (Wildman–Crippen MR) is 85.2 cm³/mol. The quantitative estimate of drug-likeness (QED) is 0.584. The summed E-state index contributed by atoms with van der Waals surface area (Å²) in [7, 11) is 0. The number of hydrogen-bond donors (Lipinski definition) is 2. The minimum Gasteiger partial charge on any atom is -0.444 e. The van der Waals surface area contributed by atoms with Crippen LogP contribution < -0.4 is 10.6 Å². The van der Waals surface area contributed by atoms with Crippen LogP contribution in [0.5, 0.6) is 0 Å². The van der Waals surface area contributed by atoms with Crippen LogP contribution in [0.1, 0.15) is 47.0 Å². The van der Waals surface area contributed by atoms with Gasteiger partial charge in [0.15, 0.2) is 0 Å². The van der Waals surface area contributed by atoms with Gasteiger partial charge in [0.1, 0.15) is 5.60 Å². The van der Waals surface area contributed by atoms with E-state index in [-0.39, 0.29) is 6.09 Å². The van der Waals surface area contributed by atoms with Crippen LogP contribution in [0.2, 0.25) is 0 Å². The molecule has 4 unspecified atom stereocenters. The SMILES string of the molecule is CC(NCCCNC(=O)OC(C)(C)C)C1CC2C=CC1C2. The van der Waals surface area contributed by atoms with Crippen molar-refractivity contribution in [2.75, 3.05) is 13.1 Å². The Morgan fingerprint density at radius 3 is 2.62 bits per heavy atom. The highest BCUT2D eigenvalue weighted by Crippen LogP contribution is 2.44. The van der Waals surface area contributed by atoms with Crippen molar-refractivity contribution in [3.8, 4) is 0 Å². The summed E-state index contributed by atoms with van der Waals surface area (Å²) < 4.78 is 5.20. The molecule has 0 spiro atoms. The molecule has 2 aliphatic rings. The molecule has 21 heavy (non-hydrogen) atoms. The Hall–Kier alpha value is -1.03. The molecule has 1 saturated carbocycles. The fourth-order valence-corrected chi connectivity index (χ4v) is 3.47. The zero-order valence-corrected chi connectivity index (χ0v) is 13.8. The lowest BCUT2D eigenvalue weighted by Gasteiger charge is -2.26. The number of carbonyl (C=O) groups excluding carboxylic acids is 1. The number of fused-ring (bicyclic) bond motifs is 2. The van der Waals surface area contributed by atoms with Crippen molar-refractivity contribution in [1.82, 2.24) is 10.6 Å². The molecular weight excluding hydrogens is 264 g/mol. The van der Waals surface area contributed by atoms with Gasteiger partial charge >= 0.3 is 6.09 Å². The maximum Gasteiger partial charge on any atom is 0.407 e. The molecule has 0 heterocycles. The molecule has 4 atom stereocenters. The Kier molecular flexibility index (Phi) is 5.31. The molecule has 2 rings (SSSR count). The summed E-state index contributed by atoms with van der Waals surface area (Å²) in [5.41, 5.74) is -0.424. The molecule has 1 amide bonds. The lowest BCUT2D eigenvalue weighted by atomic mass is 9.87. The van der Waals surface area contributed by atoms with E-state index in [1.54, 1.807) is 0 Å². The van der Waals surface area contributed by atoms with Crippen molar-refractivity contribution in [2.24, 2.45) is 17.8 Å². The van der Waals surface area contributed by atoms with Crippen LogP contribution in [0.4, 0.5) is 4.79 Å². The van der Waals surface area contributed by atoms with Crippen molar-refractivity contribution >= 4 is 6.09 Å². The highest BCUT2D eigenvalue weighted by Gasteiger charge is 2.38. The zero-order valence-electron chi connectivity index (χ0n) is 13.8. The number of carbonyl (C=O) groups is 1. The van der Waals surface area contributed by atoms with Gasteiger partial charge in [-0.3, -0.25) is 0 Å². The molecule has 0 aromatic heterocycles. The monoisotopic (exact) mass is 294 g/mol. The first-order valence-corrected chi connectivity index (χ1v) is 8.24. The minimum atomic E-state index is -0.424. The van der Waals surface area contributed by atoms with Crippen LogP contribution in [-0.2, 0) is 4.74 Å². The summed E-state index contributed by atoms with van der Waals surface area (Å²) in [4.78, 5) is 11.5. The third kappa shape index (κ3) is 5.03. The second-order valence-corrected chi connectivity index (χ2v) is 7.47. The minimum absolute atomic E-state index is 0.325. The molecule has 2 N–H and O–H groups in total. The largest absolute Gasteiger partial charge is 0.444 e. The Balaban J connectivity index is 1.54. The van der Waals surface area contributed by atoms with Crippen molar-refractivity contribution in [2.45, 2.75) is 58.6 Å². The summed E-state index contributed by atoms with van der Waals surface area (Å²) >= 11 is 0. The Labute approximate surface area is 128 Å². The van der Waals surface area contributed by atoms with Gasteiger partial charge in [0.2, 0.25) is 0 Å². The molecule has 0 aromatic rings. The average Bonchev–Trinajstić information content (AvgIpc) is 2.98. The van der Waals surface area contributed by atoms with Crippen molar-refractivity contribution in [1.29, 1.82) is 0 Å². The van der Waals surface area contributed by atoms with Crippen molar-refractivity contribution in [3.63, 3.8) is 0 Å². The predicted octanol–water partition coefficient (Wildman–Crippen LogP) is 3.09. The van der Waals surface area contributed by atoms with Crippen LogP contribution in [-0.4, -0.2) is 30.8 Å². The molecule has 0 saturated heterocycles. The molecular formula is C17H30N2O2. The van der Waals surface area contributed by atoms with E-state index in [0.717, 1.165) is 30.7 Å². The summed E-state index contributed by atoms with van der Waals surface area (Å²) in [5.74, 6) is 2.41. The average molecular weight is 294 g/mol. The third-order valence-electron chi connectivity index (χ3n) is 4.46. The lowest BCUT2D eigenvalue weighted by Crippen LogP contribution is -2.38. The molecule has 1 fully saturated rings. The lowest BCUT2D eigenvalue weighted by molar-refractivity contribution is 0.0527. The van der Waals surface area contributed by atoms with E-state index < -0.39 is 5.60 Å². The summed E-state index contributed by atoms with van der Waals surface area (Å²) in [5, 5.41) is 6.40. The van der Waals surface area contributed by atoms with Gasteiger partial charge in [-0.1, -0.05) is 12.2 Å². The van der Waals surface area contributed by atoms with Gasteiger partial charge in [0.25, 0.3) is 0 Å². The van der Waals surface area contributed by atoms with Gasteiger partial charge < -0.3 is 15.4 Å². The van der Waals surface area contributed by atoms with Crippen molar-refractivity contribution < 1.29 is 9.53 Å². The van der Waals surface area contributed by atoms with Gasteiger partial charge in [0.05, 0.1) is 0 Å². The summed E-state index contributed by atoms with van der Waals surface area (Å²) in [6.45, 7) is 9.51. The van der Waals surface area contributed by atoms with Gasteiger partial charge in [-0.2, -0.15) is 0 Å². The smallest absolute Gasteiger partial charge is 0.407 e. The highest BCUT2D eigenvalue weighted by molar-refractivity contribution is 5.67. The standard InChI is InChI=1S/C17H30N2O2/c1-12(15-11-13-6-7-14(15)10-13)18-8-5-9-19-16(20)21-17(2,3)4/h6-7,12-15,18H,5,8-11H2,1-4H3,(H,19,20). The number of rotatable bonds is 6. The van der Waals surface area contributed by atoms with Crippen LogP contribution >= 0.6 is 0 Å². The van der Waals surface area contributed by atoms with E-state index in [1.165, 1.54) is 12.8 Å². The maximum absolute atomic E-state index is 11.5.